The fourth-order valence-electron chi connectivity index (χ4n) is 4.13. The zero-order valence-electron chi connectivity index (χ0n) is 17.5. The number of anilines is 1. The van der Waals surface area contributed by atoms with E-state index in [1.54, 1.807) is 19.9 Å². The first kappa shape index (κ1) is 22.0. The number of rotatable bonds is 6. The van der Waals surface area contributed by atoms with E-state index >= 15 is 0 Å². The van der Waals surface area contributed by atoms with Gasteiger partial charge in [0, 0.05) is 29.5 Å². The fraction of sp³-hybridized carbons (Fsp3) is 0.348. The molecule has 1 fully saturated rings. The van der Waals surface area contributed by atoms with Crippen LogP contribution in [-0.4, -0.2) is 22.5 Å². The van der Waals surface area contributed by atoms with Crippen molar-refractivity contribution in [3.63, 3.8) is 0 Å². The third-order valence-corrected chi connectivity index (χ3v) is 6.04. The van der Waals surface area contributed by atoms with Crippen molar-refractivity contribution >= 4 is 11.6 Å². The Bertz CT molecular complexity index is 1130. The molecule has 1 aromatic heterocycles. The molecule has 1 N–H and O–H groups in total. The van der Waals surface area contributed by atoms with E-state index in [4.69, 9.17) is 4.74 Å². The minimum Gasteiger partial charge on any atom is -0.489 e. The van der Waals surface area contributed by atoms with Crippen LogP contribution in [0, 0.1) is 42.7 Å². The van der Waals surface area contributed by atoms with Gasteiger partial charge in [-0.1, -0.05) is 6.08 Å². The highest BCUT2D eigenvalue weighted by molar-refractivity contribution is 5.95. The van der Waals surface area contributed by atoms with E-state index in [0.717, 1.165) is 18.2 Å². The number of halogens is 4. The Morgan fingerprint density at radius 2 is 2.00 bits per heavy atom. The maximum Gasteiger partial charge on any atom is 0.228 e. The number of allylic oxidation sites excluding steroid dienone is 4. The first-order chi connectivity index (χ1) is 15.2. The quantitative estimate of drug-likeness (QED) is 0.625. The van der Waals surface area contributed by atoms with E-state index in [1.165, 1.54) is 12.3 Å². The number of aryl methyl sites for hydroxylation is 2. The number of hydrogen-bond donors (Lipinski definition) is 1. The predicted molar refractivity (Wildman–Crippen MR) is 109 cm³/mol. The summed E-state index contributed by atoms with van der Waals surface area (Å²) >= 11 is 0. The van der Waals surface area contributed by atoms with E-state index in [-0.39, 0.29) is 18.7 Å². The number of aromatic nitrogens is 2. The van der Waals surface area contributed by atoms with E-state index in [2.05, 4.69) is 15.3 Å². The number of carbonyl (C=O) groups excluding carboxylic acids is 1. The highest BCUT2D eigenvalue weighted by atomic mass is 19.2. The summed E-state index contributed by atoms with van der Waals surface area (Å²) in [4.78, 5) is 21.2. The standard InChI is InChI=1S/C23H21F4N3O2/c1-12-21(10-28-13(2)29-12)32-11-23(14-3-5-17(24)19(26)7-14)9-16(23)22(31)30-15-4-6-18(25)20(27)8-15/h3-6,8,10,14,16H,7,9,11H2,1-2H3,(H,30,31)/t14?,16-,23+/m0/s1. The lowest BCUT2D eigenvalue weighted by Crippen LogP contribution is -2.30. The van der Waals surface area contributed by atoms with Gasteiger partial charge < -0.3 is 10.1 Å². The Hall–Kier alpha value is -3.23. The van der Waals surface area contributed by atoms with Crippen molar-refractivity contribution < 1.29 is 27.1 Å². The Morgan fingerprint density at radius 3 is 2.69 bits per heavy atom. The molecule has 3 atom stereocenters. The van der Waals surface area contributed by atoms with E-state index in [1.807, 2.05) is 0 Å². The second-order valence-electron chi connectivity index (χ2n) is 8.19. The molecular weight excluding hydrogens is 426 g/mol. The SMILES string of the molecule is Cc1ncc(OC[C@@]2(C3C=CC(F)=C(F)C3)C[C@H]2C(=O)Nc2ccc(F)c(F)c2)c(C)n1. The van der Waals surface area contributed by atoms with Crippen molar-refractivity contribution in [3.05, 3.63) is 71.4 Å². The summed E-state index contributed by atoms with van der Waals surface area (Å²) in [5, 5.41) is 2.57. The van der Waals surface area contributed by atoms with Gasteiger partial charge in [0.1, 0.15) is 11.7 Å². The summed E-state index contributed by atoms with van der Waals surface area (Å²) in [5.41, 5.74) is -0.0729. The lowest BCUT2D eigenvalue weighted by molar-refractivity contribution is -0.118. The van der Waals surface area contributed by atoms with Gasteiger partial charge in [0.15, 0.2) is 23.2 Å². The molecule has 1 amide bonds. The maximum absolute atomic E-state index is 14.0. The van der Waals surface area contributed by atoms with Crippen molar-refractivity contribution in [1.82, 2.24) is 9.97 Å². The Labute approximate surface area is 182 Å². The van der Waals surface area contributed by atoms with Crippen LogP contribution in [0.3, 0.4) is 0 Å². The van der Waals surface area contributed by atoms with Crippen LogP contribution < -0.4 is 10.1 Å². The van der Waals surface area contributed by atoms with Crippen LogP contribution in [0.1, 0.15) is 24.4 Å². The normalized spacial score (nSPS) is 24.4. The lowest BCUT2D eigenvalue weighted by Gasteiger charge is -2.27. The van der Waals surface area contributed by atoms with Gasteiger partial charge in [0.25, 0.3) is 0 Å². The molecule has 2 aliphatic carbocycles. The zero-order chi connectivity index (χ0) is 23.0. The minimum atomic E-state index is -1.08. The molecule has 0 spiro atoms. The van der Waals surface area contributed by atoms with Crippen LogP contribution in [-0.2, 0) is 4.79 Å². The van der Waals surface area contributed by atoms with Gasteiger partial charge in [-0.15, -0.1) is 0 Å². The zero-order valence-corrected chi connectivity index (χ0v) is 17.5. The van der Waals surface area contributed by atoms with Gasteiger partial charge in [-0.05, 0) is 44.4 Å². The van der Waals surface area contributed by atoms with Crippen LogP contribution in [0.2, 0.25) is 0 Å². The summed E-state index contributed by atoms with van der Waals surface area (Å²) in [6.07, 6.45) is 4.31. The molecule has 0 radical (unpaired) electrons. The molecule has 4 rings (SSSR count). The van der Waals surface area contributed by atoms with Gasteiger partial charge in [-0.3, -0.25) is 4.79 Å². The number of nitrogens with zero attached hydrogens (tertiary/aromatic N) is 2. The van der Waals surface area contributed by atoms with E-state index < -0.39 is 46.4 Å². The number of carbonyl (C=O) groups is 1. The molecule has 5 nitrogen and oxygen atoms in total. The van der Waals surface area contributed by atoms with Gasteiger partial charge in [0.2, 0.25) is 5.91 Å². The molecule has 2 aromatic rings. The Morgan fingerprint density at radius 1 is 1.22 bits per heavy atom. The topological polar surface area (TPSA) is 64.1 Å². The lowest BCUT2D eigenvalue weighted by atomic mass is 9.82. The fourth-order valence-corrected chi connectivity index (χ4v) is 4.13. The number of amides is 1. The van der Waals surface area contributed by atoms with Crippen LogP contribution in [0.4, 0.5) is 23.2 Å². The van der Waals surface area contributed by atoms with E-state index in [0.29, 0.717) is 23.7 Å². The monoisotopic (exact) mass is 447 g/mol. The third kappa shape index (κ3) is 4.24. The molecule has 168 valence electrons. The number of nitrogens with one attached hydrogen (secondary N) is 1. The van der Waals surface area contributed by atoms with Crippen molar-refractivity contribution in [1.29, 1.82) is 0 Å². The van der Waals surface area contributed by atoms with Crippen LogP contribution in [0.25, 0.3) is 0 Å². The van der Waals surface area contributed by atoms with Crippen molar-refractivity contribution in [2.75, 3.05) is 11.9 Å². The molecule has 1 aromatic carbocycles. The van der Waals surface area contributed by atoms with Crippen LogP contribution >= 0.6 is 0 Å². The third-order valence-electron chi connectivity index (χ3n) is 6.04. The van der Waals surface area contributed by atoms with Gasteiger partial charge in [0.05, 0.1) is 18.5 Å². The molecule has 9 heteroatoms. The Balaban J connectivity index is 1.54. The highest BCUT2D eigenvalue weighted by Gasteiger charge is 2.62. The number of benzene rings is 1. The first-order valence-electron chi connectivity index (χ1n) is 10.1. The molecule has 1 heterocycles. The van der Waals surface area contributed by atoms with Gasteiger partial charge in [-0.25, -0.2) is 27.5 Å². The molecule has 0 saturated heterocycles. The molecule has 32 heavy (non-hydrogen) atoms. The molecule has 2 aliphatic rings. The number of hydrogen-bond acceptors (Lipinski definition) is 4. The van der Waals surface area contributed by atoms with Crippen molar-refractivity contribution in [2.45, 2.75) is 26.7 Å². The molecular formula is C23H21F4N3O2. The second kappa shape index (κ2) is 8.37. The predicted octanol–water partition coefficient (Wildman–Crippen LogP) is 5.12. The summed E-state index contributed by atoms with van der Waals surface area (Å²) in [7, 11) is 0. The Kier molecular flexibility index (Phi) is 5.75. The second-order valence-corrected chi connectivity index (χ2v) is 8.19. The summed E-state index contributed by atoms with van der Waals surface area (Å²) in [5.74, 6) is -4.39. The highest BCUT2D eigenvalue weighted by Crippen LogP contribution is 2.61. The molecule has 1 saturated carbocycles. The summed E-state index contributed by atoms with van der Waals surface area (Å²) in [6.45, 7) is 3.56. The van der Waals surface area contributed by atoms with Crippen molar-refractivity contribution in [2.24, 2.45) is 17.3 Å². The summed E-state index contributed by atoms with van der Waals surface area (Å²) < 4.78 is 60.1. The minimum absolute atomic E-state index is 0.0556. The molecule has 0 bridgehead atoms. The van der Waals surface area contributed by atoms with Crippen LogP contribution in [0.15, 0.2) is 48.2 Å². The van der Waals surface area contributed by atoms with Gasteiger partial charge in [-0.2, -0.15) is 0 Å². The molecule has 0 aliphatic heterocycles. The smallest absolute Gasteiger partial charge is 0.228 e. The molecule has 1 unspecified atom stereocenters. The van der Waals surface area contributed by atoms with Gasteiger partial charge >= 0.3 is 0 Å². The average Bonchev–Trinajstić information content (AvgIpc) is 3.48. The van der Waals surface area contributed by atoms with E-state index in [9.17, 15) is 22.4 Å². The summed E-state index contributed by atoms with van der Waals surface area (Å²) in [6, 6.07) is 3.06. The largest absolute Gasteiger partial charge is 0.489 e. The first-order valence-corrected chi connectivity index (χ1v) is 10.1. The maximum atomic E-state index is 14.0. The average molecular weight is 447 g/mol. The van der Waals surface area contributed by atoms with Crippen LogP contribution in [0.5, 0.6) is 5.75 Å². The van der Waals surface area contributed by atoms with Crippen molar-refractivity contribution in [3.8, 4) is 5.75 Å². The number of ether oxygens (including phenoxy) is 1.